The summed E-state index contributed by atoms with van der Waals surface area (Å²) in [5.74, 6) is -3.06. The molecule has 6 nitrogen and oxygen atoms in total. The standard InChI is InChI=1S/C35H29F5N2O4/c1-20-8-9-21-6-4-5-7-27(21)30(20)32(43)42(19-26-12-13-29(46-26)35(38,39)40)18-23-11-10-22(15-28(23)31(36)37)24-14-25(17-41-16-24)34(2,3)33(44)45/h4-17,31H,18-19H2,1-3H3,(H,44,45). The Labute approximate surface area is 261 Å². The van der Waals surface area contributed by atoms with Crippen molar-refractivity contribution in [2.45, 2.75) is 51.9 Å². The Bertz CT molecular complexity index is 1930. The van der Waals surface area contributed by atoms with Gasteiger partial charge >= 0.3 is 12.1 Å². The van der Waals surface area contributed by atoms with Gasteiger partial charge in [-0.15, -0.1) is 0 Å². The summed E-state index contributed by atoms with van der Waals surface area (Å²) in [5, 5.41) is 11.0. The number of aliphatic carboxylic acids is 1. The zero-order valence-corrected chi connectivity index (χ0v) is 25.0. The van der Waals surface area contributed by atoms with Crippen molar-refractivity contribution in [1.29, 1.82) is 0 Å². The first-order valence-electron chi connectivity index (χ1n) is 14.2. The molecule has 0 atom stereocenters. The highest BCUT2D eigenvalue weighted by Crippen LogP contribution is 2.34. The van der Waals surface area contributed by atoms with E-state index in [0.717, 1.165) is 17.5 Å². The number of hydrogen-bond acceptors (Lipinski definition) is 4. The maximum atomic E-state index is 14.6. The second kappa shape index (κ2) is 12.4. The Balaban J connectivity index is 1.57. The third-order valence-corrected chi connectivity index (χ3v) is 8.00. The second-order valence-corrected chi connectivity index (χ2v) is 11.5. The van der Waals surface area contributed by atoms with Crippen molar-refractivity contribution in [3.63, 3.8) is 0 Å². The molecule has 11 heteroatoms. The number of nitrogens with zero attached hydrogens (tertiary/aromatic N) is 2. The Morgan fingerprint density at radius 3 is 2.33 bits per heavy atom. The van der Waals surface area contributed by atoms with Gasteiger partial charge in [0.05, 0.1) is 17.5 Å². The minimum absolute atomic E-state index is 0.0718. The fraction of sp³-hybridized carbons (Fsp3) is 0.229. The molecule has 5 aromatic rings. The van der Waals surface area contributed by atoms with Crippen LogP contribution >= 0.6 is 0 Å². The van der Waals surface area contributed by atoms with Crippen molar-refractivity contribution >= 4 is 22.6 Å². The van der Waals surface area contributed by atoms with E-state index >= 15 is 0 Å². The first kappa shape index (κ1) is 32.3. The number of carboxylic acid groups (broad SMARTS) is 1. The lowest BCUT2D eigenvalue weighted by atomic mass is 9.84. The Morgan fingerprint density at radius 1 is 0.913 bits per heavy atom. The van der Waals surface area contributed by atoms with Gasteiger partial charge in [0.2, 0.25) is 5.76 Å². The normalized spacial score (nSPS) is 12.1. The summed E-state index contributed by atoms with van der Waals surface area (Å²) < 4.78 is 74.0. The summed E-state index contributed by atoms with van der Waals surface area (Å²) in [4.78, 5) is 31.2. The average Bonchev–Trinajstić information content (AvgIpc) is 3.50. The van der Waals surface area contributed by atoms with Crippen LogP contribution in [-0.2, 0) is 29.5 Å². The lowest BCUT2D eigenvalue weighted by Crippen LogP contribution is -2.31. The number of halogens is 5. The molecule has 5 rings (SSSR count). The van der Waals surface area contributed by atoms with Gasteiger partial charge in [-0.2, -0.15) is 13.2 Å². The van der Waals surface area contributed by atoms with E-state index in [2.05, 4.69) is 4.98 Å². The second-order valence-electron chi connectivity index (χ2n) is 11.5. The average molecular weight is 637 g/mol. The highest BCUT2D eigenvalue weighted by atomic mass is 19.4. The van der Waals surface area contributed by atoms with Crippen LogP contribution in [0.3, 0.4) is 0 Å². The van der Waals surface area contributed by atoms with Crippen LogP contribution in [0.2, 0.25) is 0 Å². The number of aryl methyl sites for hydroxylation is 1. The van der Waals surface area contributed by atoms with Gasteiger partial charge in [0.1, 0.15) is 5.76 Å². The Morgan fingerprint density at radius 2 is 1.65 bits per heavy atom. The molecule has 2 heterocycles. The lowest BCUT2D eigenvalue weighted by molar-refractivity contribution is -0.153. The van der Waals surface area contributed by atoms with Gasteiger partial charge in [0.25, 0.3) is 12.3 Å². The van der Waals surface area contributed by atoms with E-state index in [1.165, 1.54) is 43.3 Å². The van der Waals surface area contributed by atoms with Crippen LogP contribution in [0.25, 0.3) is 21.9 Å². The number of amides is 1. The minimum Gasteiger partial charge on any atom is -0.481 e. The largest absolute Gasteiger partial charge is 0.481 e. The summed E-state index contributed by atoms with van der Waals surface area (Å²) in [6.07, 6.45) is -4.89. The van der Waals surface area contributed by atoms with E-state index in [1.807, 2.05) is 12.1 Å². The van der Waals surface area contributed by atoms with Crippen LogP contribution < -0.4 is 0 Å². The molecule has 3 aromatic carbocycles. The highest BCUT2D eigenvalue weighted by Gasteiger charge is 2.35. The number of furan rings is 1. The van der Waals surface area contributed by atoms with Crippen LogP contribution in [0.1, 0.15) is 64.4 Å². The van der Waals surface area contributed by atoms with E-state index in [1.54, 1.807) is 43.3 Å². The van der Waals surface area contributed by atoms with E-state index in [0.29, 0.717) is 33.2 Å². The summed E-state index contributed by atoms with van der Waals surface area (Å²) in [7, 11) is 0. The number of pyridine rings is 1. The Kier molecular flexibility index (Phi) is 8.70. The number of carbonyl (C=O) groups excluding carboxylic acids is 1. The van der Waals surface area contributed by atoms with E-state index in [4.69, 9.17) is 4.42 Å². The predicted molar refractivity (Wildman–Crippen MR) is 161 cm³/mol. The van der Waals surface area contributed by atoms with E-state index in [9.17, 15) is 36.6 Å². The summed E-state index contributed by atoms with van der Waals surface area (Å²) in [5.41, 5.74) is 0.412. The molecular weight excluding hydrogens is 607 g/mol. The molecule has 1 N–H and O–H groups in total. The molecule has 46 heavy (non-hydrogen) atoms. The molecule has 238 valence electrons. The number of alkyl halides is 5. The SMILES string of the molecule is Cc1ccc2ccccc2c1C(=O)N(Cc1ccc(C(F)(F)F)o1)Cc1ccc(-c2cncc(C(C)(C)C(=O)O)c2)cc1C(F)F. The van der Waals surface area contributed by atoms with Crippen molar-refractivity contribution in [3.05, 3.63) is 125 Å². The highest BCUT2D eigenvalue weighted by molar-refractivity contribution is 6.08. The van der Waals surface area contributed by atoms with Gasteiger partial charge in [0.15, 0.2) is 0 Å². The molecule has 0 aliphatic heterocycles. The van der Waals surface area contributed by atoms with Crippen molar-refractivity contribution in [3.8, 4) is 11.1 Å². The van der Waals surface area contributed by atoms with Crippen LogP contribution in [0.5, 0.6) is 0 Å². The van der Waals surface area contributed by atoms with Gasteiger partial charge in [0, 0.05) is 30.1 Å². The van der Waals surface area contributed by atoms with Gasteiger partial charge in [-0.3, -0.25) is 14.6 Å². The van der Waals surface area contributed by atoms with Crippen LogP contribution in [0.15, 0.2) is 89.6 Å². The first-order chi connectivity index (χ1) is 21.7. The zero-order valence-electron chi connectivity index (χ0n) is 25.0. The first-order valence-corrected chi connectivity index (χ1v) is 14.2. The molecular formula is C35H29F5N2O4. The number of carboxylic acids is 1. The zero-order chi connectivity index (χ0) is 33.4. The summed E-state index contributed by atoms with van der Waals surface area (Å²) in [6.45, 7) is 3.94. The topological polar surface area (TPSA) is 83.6 Å². The van der Waals surface area contributed by atoms with Crippen molar-refractivity contribution < 1.29 is 41.1 Å². The molecule has 0 bridgehead atoms. The van der Waals surface area contributed by atoms with Crippen LogP contribution in [-0.4, -0.2) is 26.9 Å². The fourth-order valence-corrected chi connectivity index (χ4v) is 5.22. The number of rotatable bonds is 9. The van der Waals surface area contributed by atoms with Crippen molar-refractivity contribution in [2.24, 2.45) is 0 Å². The van der Waals surface area contributed by atoms with Gasteiger partial charge in [-0.05, 0) is 78.1 Å². The molecule has 0 radical (unpaired) electrons. The fourth-order valence-electron chi connectivity index (χ4n) is 5.22. The molecule has 2 aromatic heterocycles. The smallest absolute Gasteiger partial charge is 0.449 e. The van der Waals surface area contributed by atoms with Crippen molar-refractivity contribution in [2.75, 3.05) is 0 Å². The third kappa shape index (κ3) is 6.49. The Hall–Kier alpha value is -5.06. The number of hydrogen-bond donors (Lipinski definition) is 1. The molecule has 0 aliphatic rings. The van der Waals surface area contributed by atoms with Crippen LogP contribution in [0, 0.1) is 6.92 Å². The summed E-state index contributed by atoms with van der Waals surface area (Å²) >= 11 is 0. The number of carbonyl (C=O) groups is 2. The van der Waals surface area contributed by atoms with Gasteiger partial charge < -0.3 is 14.4 Å². The molecule has 0 spiro atoms. The van der Waals surface area contributed by atoms with E-state index in [-0.39, 0.29) is 17.9 Å². The lowest BCUT2D eigenvalue weighted by Gasteiger charge is -2.25. The molecule has 1 amide bonds. The molecule has 0 unspecified atom stereocenters. The van der Waals surface area contributed by atoms with Crippen molar-refractivity contribution in [1.82, 2.24) is 9.88 Å². The molecule has 0 aliphatic carbocycles. The minimum atomic E-state index is -4.75. The quantitative estimate of drug-likeness (QED) is 0.163. The maximum absolute atomic E-state index is 14.6. The molecule has 0 saturated carbocycles. The van der Waals surface area contributed by atoms with Gasteiger partial charge in [-0.1, -0.05) is 48.5 Å². The van der Waals surface area contributed by atoms with E-state index < -0.39 is 47.8 Å². The monoisotopic (exact) mass is 636 g/mol. The van der Waals surface area contributed by atoms with Gasteiger partial charge in [-0.25, -0.2) is 8.78 Å². The number of benzene rings is 3. The molecule has 0 fully saturated rings. The number of aromatic nitrogens is 1. The number of fused-ring (bicyclic) bond motifs is 1. The summed E-state index contributed by atoms with van der Waals surface area (Å²) in [6, 6.07) is 18.3. The third-order valence-electron chi connectivity index (χ3n) is 8.00. The predicted octanol–water partition coefficient (Wildman–Crippen LogP) is 8.96. The molecule has 0 saturated heterocycles. The van der Waals surface area contributed by atoms with Crippen LogP contribution in [0.4, 0.5) is 22.0 Å². The maximum Gasteiger partial charge on any atom is 0.449 e.